The average Bonchev–Trinajstić information content (AvgIpc) is 2.67. The van der Waals surface area contributed by atoms with Crippen molar-refractivity contribution in [2.45, 2.75) is 25.4 Å². The minimum absolute atomic E-state index is 0.0379. The Kier molecular flexibility index (Phi) is 2.61. The van der Waals surface area contributed by atoms with Gasteiger partial charge in [0.2, 0.25) is 0 Å². The molecule has 0 spiro atoms. The summed E-state index contributed by atoms with van der Waals surface area (Å²) in [6.07, 6.45) is 3.75. The summed E-state index contributed by atoms with van der Waals surface area (Å²) in [6.45, 7) is 1.68. The van der Waals surface area contributed by atoms with Crippen LogP contribution < -0.4 is 0 Å². The lowest BCUT2D eigenvalue weighted by Crippen LogP contribution is -2.15. The largest absolute Gasteiger partial charge is 0.390 e. The van der Waals surface area contributed by atoms with E-state index in [-0.39, 0.29) is 6.61 Å². The highest BCUT2D eigenvalue weighted by Crippen LogP contribution is 2.24. The van der Waals surface area contributed by atoms with Gasteiger partial charge in [-0.15, -0.1) is 0 Å². The minimum Gasteiger partial charge on any atom is -0.390 e. The third-order valence-electron chi connectivity index (χ3n) is 2.43. The second-order valence-corrected chi connectivity index (χ2v) is 3.34. The van der Waals surface area contributed by atoms with Gasteiger partial charge in [0.05, 0.1) is 18.5 Å². The fourth-order valence-electron chi connectivity index (χ4n) is 1.64. The van der Waals surface area contributed by atoms with Crippen molar-refractivity contribution in [2.75, 3.05) is 13.2 Å². The van der Waals surface area contributed by atoms with Crippen LogP contribution in [0.4, 0.5) is 0 Å². The van der Waals surface area contributed by atoms with Gasteiger partial charge in [0.1, 0.15) is 5.82 Å². The van der Waals surface area contributed by atoms with E-state index < -0.39 is 0 Å². The lowest BCUT2D eigenvalue weighted by Gasteiger charge is -2.19. The summed E-state index contributed by atoms with van der Waals surface area (Å²) in [6, 6.07) is 0. The maximum Gasteiger partial charge on any atom is 0.109 e. The zero-order chi connectivity index (χ0) is 9.10. The van der Waals surface area contributed by atoms with E-state index in [2.05, 4.69) is 9.97 Å². The van der Waals surface area contributed by atoms with Crippen LogP contribution >= 0.6 is 0 Å². The van der Waals surface area contributed by atoms with Crippen molar-refractivity contribution in [1.29, 1.82) is 0 Å². The van der Waals surface area contributed by atoms with Crippen LogP contribution in [0.25, 0.3) is 0 Å². The molecule has 0 saturated carbocycles. The number of imidazole rings is 1. The third-order valence-corrected chi connectivity index (χ3v) is 2.43. The molecule has 1 aliphatic rings. The molecule has 2 N–H and O–H groups in total. The highest BCUT2D eigenvalue weighted by atomic mass is 16.5. The lowest BCUT2D eigenvalue weighted by atomic mass is 10.00. The quantitative estimate of drug-likeness (QED) is 0.711. The number of aromatic nitrogens is 2. The Hall–Kier alpha value is -0.870. The number of aromatic amines is 1. The van der Waals surface area contributed by atoms with Gasteiger partial charge in [0, 0.05) is 19.1 Å². The summed E-state index contributed by atoms with van der Waals surface area (Å²) in [5.41, 5.74) is 0.793. The predicted molar refractivity (Wildman–Crippen MR) is 47.3 cm³/mol. The molecule has 13 heavy (non-hydrogen) atoms. The van der Waals surface area contributed by atoms with Gasteiger partial charge >= 0.3 is 0 Å². The molecule has 2 heterocycles. The van der Waals surface area contributed by atoms with E-state index >= 15 is 0 Å². The lowest BCUT2D eigenvalue weighted by molar-refractivity contribution is 0.0837. The van der Waals surface area contributed by atoms with Gasteiger partial charge in [-0.1, -0.05) is 0 Å². The highest BCUT2D eigenvalue weighted by molar-refractivity contribution is 5.05. The Morgan fingerprint density at radius 3 is 2.92 bits per heavy atom. The molecule has 0 radical (unpaired) electrons. The number of aliphatic hydroxyl groups excluding tert-OH is 1. The van der Waals surface area contributed by atoms with Crippen LogP contribution in [0.3, 0.4) is 0 Å². The van der Waals surface area contributed by atoms with Crippen molar-refractivity contribution in [3.8, 4) is 0 Å². The fraction of sp³-hybridized carbons (Fsp3) is 0.667. The molecule has 1 fully saturated rings. The van der Waals surface area contributed by atoms with Gasteiger partial charge in [0.25, 0.3) is 0 Å². The number of hydrogen-bond donors (Lipinski definition) is 2. The van der Waals surface area contributed by atoms with Crippen molar-refractivity contribution in [2.24, 2.45) is 0 Å². The van der Waals surface area contributed by atoms with E-state index in [1.165, 1.54) is 0 Å². The Morgan fingerprint density at radius 2 is 2.31 bits per heavy atom. The summed E-state index contributed by atoms with van der Waals surface area (Å²) in [5.74, 6) is 1.47. The van der Waals surface area contributed by atoms with Crippen molar-refractivity contribution in [1.82, 2.24) is 9.97 Å². The number of nitrogens with one attached hydrogen (secondary N) is 1. The summed E-state index contributed by atoms with van der Waals surface area (Å²) in [5, 5.41) is 8.85. The molecular formula is C9H14N2O2. The Bertz CT molecular complexity index is 266. The molecule has 1 aliphatic heterocycles. The molecule has 4 nitrogen and oxygen atoms in total. The number of ether oxygens (including phenoxy) is 1. The molecule has 4 heteroatoms. The maximum absolute atomic E-state index is 8.85. The molecule has 0 bridgehead atoms. The summed E-state index contributed by atoms with van der Waals surface area (Å²) >= 11 is 0. The van der Waals surface area contributed by atoms with E-state index in [1.54, 1.807) is 6.20 Å². The fourth-order valence-corrected chi connectivity index (χ4v) is 1.64. The summed E-state index contributed by atoms with van der Waals surface area (Å²) in [4.78, 5) is 7.36. The minimum atomic E-state index is 0.0379. The number of aliphatic hydroxyl groups is 1. The van der Waals surface area contributed by atoms with Crippen LogP contribution in [0.15, 0.2) is 6.20 Å². The SMILES string of the molecule is OCc1cnc(C2CCOCC2)[nH]1. The van der Waals surface area contributed by atoms with Gasteiger partial charge in [-0.25, -0.2) is 4.98 Å². The first-order valence-electron chi connectivity index (χ1n) is 4.62. The van der Waals surface area contributed by atoms with E-state index in [0.717, 1.165) is 37.6 Å². The smallest absolute Gasteiger partial charge is 0.109 e. The standard InChI is InChI=1S/C9H14N2O2/c12-6-8-5-10-9(11-8)7-1-3-13-4-2-7/h5,7,12H,1-4,6H2,(H,10,11). The van der Waals surface area contributed by atoms with Crippen molar-refractivity contribution in [3.63, 3.8) is 0 Å². The molecule has 72 valence electrons. The van der Waals surface area contributed by atoms with Gasteiger partial charge in [-0.05, 0) is 12.8 Å². The predicted octanol–water partition coefficient (Wildman–Crippen LogP) is 0.796. The second kappa shape index (κ2) is 3.89. The third kappa shape index (κ3) is 1.89. The molecule has 1 aromatic rings. The number of hydrogen-bond acceptors (Lipinski definition) is 3. The first-order valence-corrected chi connectivity index (χ1v) is 4.62. The van der Waals surface area contributed by atoms with Crippen LogP contribution in [-0.4, -0.2) is 28.3 Å². The zero-order valence-corrected chi connectivity index (χ0v) is 7.49. The van der Waals surface area contributed by atoms with Crippen LogP contribution in [0.5, 0.6) is 0 Å². The van der Waals surface area contributed by atoms with Gasteiger partial charge in [-0.3, -0.25) is 0 Å². The van der Waals surface area contributed by atoms with E-state index in [1.807, 2.05) is 0 Å². The molecule has 0 unspecified atom stereocenters. The van der Waals surface area contributed by atoms with Crippen molar-refractivity contribution in [3.05, 3.63) is 17.7 Å². The van der Waals surface area contributed by atoms with Crippen molar-refractivity contribution < 1.29 is 9.84 Å². The van der Waals surface area contributed by atoms with Crippen LogP contribution in [0.1, 0.15) is 30.3 Å². The Labute approximate surface area is 77.0 Å². The normalized spacial score (nSPS) is 19.2. The topological polar surface area (TPSA) is 58.1 Å². The van der Waals surface area contributed by atoms with Gasteiger partial charge in [-0.2, -0.15) is 0 Å². The first kappa shape index (κ1) is 8.72. The number of H-pyrrole nitrogens is 1. The van der Waals surface area contributed by atoms with Crippen molar-refractivity contribution >= 4 is 0 Å². The molecule has 2 rings (SSSR count). The summed E-state index contributed by atoms with van der Waals surface area (Å²) in [7, 11) is 0. The van der Waals surface area contributed by atoms with E-state index in [9.17, 15) is 0 Å². The van der Waals surface area contributed by atoms with Gasteiger partial charge in [0.15, 0.2) is 0 Å². The molecular weight excluding hydrogens is 168 g/mol. The van der Waals surface area contributed by atoms with E-state index in [0.29, 0.717) is 5.92 Å². The first-order chi connectivity index (χ1) is 6.40. The second-order valence-electron chi connectivity index (χ2n) is 3.34. The Balaban J connectivity index is 2.05. The number of rotatable bonds is 2. The van der Waals surface area contributed by atoms with E-state index in [4.69, 9.17) is 9.84 Å². The van der Waals surface area contributed by atoms with Crippen LogP contribution in [0, 0.1) is 0 Å². The Morgan fingerprint density at radius 1 is 1.54 bits per heavy atom. The zero-order valence-electron chi connectivity index (χ0n) is 7.49. The molecule has 0 atom stereocenters. The maximum atomic E-state index is 8.85. The molecule has 1 aromatic heterocycles. The average molecular weight is 182 g/mol. The molecule has 0 amide bonds. The van der Waals surface area contributed by atoms with Crippen LogP contribution in [0.2, 0.25) is 0 Å². The number of nitrogens with zero attached hydrogens (tertiary/aromatic N) is 1. The summed E-state index contributed by atoms with van der Waals surface area (Å²) < 4.78 is 5.26. The molecule has 0 aliphatic carbocycles. The van der Waals surface area contributed by atoms with Gasteiger partial charge < -0.3 is 14.8 Å². The molecule has 1 saturated heterocycles. The monoisotopic (exact) mass is 182 g/mol. The molecule has 0 aromatic carbocycles. The highest BCUT2D eigenvalue weighted by Gasteiger charge is 2.18. The van der Waals surface area contributed by atoms with Crippen LogP contribution in [-0.2, 0) is 11.3 Å².